The molecule has 0 saturated heterocycles. The standard InChI is InChI=1S/C16H17NO/c17-14-3-1-2-11-9-16(15(18)7-13(11)14)8-10-4-5-12(16)6-10/h1-5,10,12H,6-9,17H2. The first-order valence-corrected chi connectivity index (χ1v) is 6.77. The summed E-state index contributed by atoms with van der Waals surface area (Å²) in [5.74, 6) is 1.54. The fourth-order valence-electron chi connectivity index (χ4n) is 4.29. The quantitative estimate of drug-likeness (QED) is 0.558. The number of allylic oxidation sites excluding steroid dienone is 2. The molecule has 3 atom stereocenters. The van der Waals surface area contributed by atoms with E-state index in [0.29, 0.717) is 24.0 Å². The third-order valence-corrected chi connectivity index (χ3v) is 5.22. The molecule has 0 amide bonds. The van der Waals surface area contributed by atoms with Crippen molar-refractivity contribution in [2.24, 2.45) is 17.3 Å². The molecule has 4 rings (SSSR count). The zero-order chi connectivity index (χ0) is 12.3. The molecule has 0 radical (unpaired) electrons. The van der Waals surface area contributed by atoms with E-state index in [1.165, 1.54) is 12.0 Å². The molecule has 0 aliphatic heterocycles. The van der Waals surface area contributed by atoms with Crippen LogP contribution in [0, 0.1) is 17.3 Å². The highest BCUT2D eigenvalue weighted by atomic mass is 16.1. The Hall–Kier alpha value is -1.57. The van der Waals surface area contributed by atoms with Crippen LogP contribution in [0.3, 0.4) is 0 Å². The zero-order valence-corrected chi connectivity index (χ0v) is 10.4. The summed E-state index contributed by atoms with van der Waals surface area (Å²) in [6.45, 7) is 0. The molecule has 0 aromatic heterocycles. The number of fused-ring (bicyclic) bond motifs is 4. The molecule has 2 N–H and O–H groups in total. The van der Waals surface area contributed by atoms with Crippen LogP contribution in [0.5, 0.6) is 0 Å². The van der Waals surface area contributed by atoms with Gasteiger partial charge in [0.15, 0.2) is 0 Å². The van der Waals surface area contributed by atoms with Gasteiger partial charge in [-0.05, 0) is 48.3 Å². The number of anilines is 1. The molecule has 92 valence electrons. The predicted molar refractivity (Wildman–Crippen MR) is 71.1 cm³/mol. The van der Waals surface area contributed by atoms with Crippen molar-refractivity contribution in [1.29, 1.82) is 0 Å². The maximum Gasteiger partial charge on any atom is 0.144 e. The van der Waals surface area contributed by atoms with Crippen LogP contribution in [0.2, 0.25) is 0 Å². The SMILES string of the molecule is Nc1cccc2c1CC(=O)C1(C2)CC2C=CC1C2. The topological polar surface area (TPSA) is 43.1 Å². The van der Waals surface area contributed by atoms with Gasteiger partial charge in [0.25, 0.3) is 0 Å². The lowest BCUT2D eigenvalue weighted by Crippen LogP contribution is -2.42. The maximum absolute atomic E-state index is 12.6. The van der Waals surface area contributed by atoms with Gasteiger partial charge >= 0.3 is 0 Å². The Morgan fingerprint density at radius 3 is 2.89 bits per heavy atom. The maximum atomic E-state index is 12.6. The van der Waals surface area contributed by atoms with Gasteiger partial charge in [0, 0.05) is 17.5 Å². The van der Waals surface area contributed by atoms with Crippen molar-refractivity contribution in [3.63, 3.8) is 0 Å². The Balaban J connectivity index is 1.82. The van der Waals surface area contributed by atoms with Crippen LogP contribution in [-0.2, 0) is 17.6 Å². The average molecular weight is 239 g/mol. The molecule has 18 heavy (non-hydrogen) atoms. The number of benzene rings is 1. The molecular weight excluding hydrogens is 222 g/mol. The van der Waals surface area contributed by atoms with Gasteiger partial charge in [-0.3, -0.25) is 4.79 Å². The number of ketones is 1. The number of rotatable bonds is 0. The number of nitrogens with two attached hydrogens (primary N) is 1. The number of Topliss-reactive ketones (excluding diaryl/α,β-unsaturated/α-hetero) is 1. The van der Waals surface area contributed by atoms with Crippen LogP contribution in [0.25, 0.3) is 0 Å². The van der Waals surface area contributed by atoms with Crippen molar-refractivity contribution < 1.29 is 4.79 Å². The first kappa shape index (κ1) is 10.4. The third kappa shape index (κ3) is 1.16. The molecule has 1 aromatic rings. The van der Waals surface area contributed by atoms with Crippen LogP contribution in [0.4, 0.5) is 5.69 Å². The third-order valence-electron chi connectivity index (χ3n) is 5.22. The van der Waals surface area contributed by atoms with Gasteiger partial charge in [0.1, 0.15) is 5.78 Å². The summed E-state index contributed by atoms with van der Waals surface area (Å²) in [5.41, 5.74) is 9.07. The van der Waals surface area contributed by atoms with Gasteiger partial charge in [-0.2, -0.15) is 0 Å². The minimum Gasteiger partial charge on any atom is -0.398 e. The largest absolute Gasteiger partial charge is 0.398 e. The number of carbonyl (C=O) groups is 1. The van der Waals surface area contributed by atoms with E-state index >= 15 is 0 Å². The minimum atomic E-state index is -0.0970. The lowest BCUT2D eigenvalue weighted by Gasteiger charge is -2.38. The van der Waals surface area contributed by atoms with Crippen molar-refractivity contribution in [2.75, 3.05) is 5.73 Å². The van der Waals surface area contributed by atoms with E-state index in [1.807, 2.05) is 12.1 Å². The second kappa shape index (κ2) is 3.25. The normalized spacial score (nSPS) is 36.3. The first-order valence-electron chi connectivity index (χ1n) is 6.77. The summed E-state index contributed by atoms with van der Waals surface area (Å²) in [6, 6.07) is 6.07. The highest BCUT2D eigenvalue weighted by Crippen LogP contribution is 2.56. The molecule has 1 aromatic carbocycles. The van der Waals surface area contributed by atoms with Crippen LogP contribution < -0.4 is 5.73 Å². The summed E-state index contributed by atoms with van der Waals surface area (Å²) in [7, 11) is 0. The fraction of sp³-hybridized carbons (Fsp3) is 0.438. The van der Waals surface area contributed by atoms with E-state index in [9.17, 15) is 4.79 Å². The molecule has 3 aliphatic carbocycles. The molecule has 3 aliphatic rings. The molecule has 2 bridgehead atoms. The van der Waals surface area contributed by atoms with Gasteiger partial charge in [-0.25, -0.2) is 0 Å². The van der Waals surface area contributed by atoms with Gasteiger partial charge in [-0.15, -0.1) is 0 Å². The highest BCUT2D eigenvalue weighted by Gasteiger charge is 2.54. The molecule has 2 nitrogen and oxygen atoms in total. The van der Waals surface area contributed by atoms with E-state index in [-0.39, 0.29) is 5.41 Å². The molecular formula is C16H17NO. The Bertz CT molecular complexity index is 574. The Morgan fingerprint density at radius 1 is 1.28 bits per heavy atom. The molecule has 3 unspecified atom stereocenters. The summed E-state index contributed by atoms with van der Waals surface area (Å²) >= 11 is 0. The fourth-order valence-corrected chi connectivity index (χ4v) is 4.29. The first-order chi connectivity index (χ1) is 8.69. The van der Waals surface area contributed by atoms with Gasteiger partial charge in [-0.1, -0.05) is 24.3 Å². The van der Waals surface area contributed by atoms with Crippen molar-refractivity contribution in [3.8, 4) is 0 Å². The molecule has 2 heteroatoms. The number of hydrogen-bond donors (Lipinski definition) is 1. The van der Waals surface area contributed by atoms with E-state index < -0.39 is 0 Å². The highest BCUT2D eigenvalue weighted by molar-refractivity contribution is 5.91. The molecule has 1 fully saturated rings. The number of nitrogen functional groups attached to an aromatic ring is 1. The Labute approximate surface area is 107 Å². The smallest absolute Gasteiger partial charge is 0.144 e. The lowest BCUT2D eigenvalue weighted by atomic mass is 9.63. The van der Waals surface area contributed by atoms with Crippen molar-refractivity contribution in [1.82, 2.24) is 0 Å². The van der Waals surface area contributed by atoms with Crippen molar-refractivity contribution >= 4 is 11.5 Å². The minimum absolute atomic E-state index is 0.0970. The second-order valence-electron chi connectivity index (χ2n) is 6.11. The van der Waals surface area contributed by atoms with Crippen molar-refractivity contribution in [2.45, 2.75) is 25.7 Å². The summed E-state index contributed by atoms with van der Waals surface area (Å²) in [6.07, 6.45) is 8.27. The lowest BCUT2D eigenvalue weighted by molar-refractivity contribution is -0.130. The molecule has 1 saturated carbocycles. The zero-order valence-electron chi connectivity index (χ0n) is 10.4. The summed E-state index contributed by atoms with van der Waals surface area (Å²) in [4.78, 5) is 12.6. The van der Waals surface area contributed by atoms with Crippen LogP contribution in [0.1, 0.15) is 24.0 Å². The Morgan fingerprint density at radius 2 is 2.17 bits per heavy atom. The monoisotopic (exact) mass is 239 g/mol. The molecule has 0 heterocycles. The average Bonchev–Trinajstić information content (AvgIpc) is 2.93. The van der Waals surface area contributed by atoms with Crippen LogP contribution in [0.15, 0.2) is 30.4 Å². The van der Waals surface area contributed by atoms with E-state index in [2.05, 4.69) is 18.2 Å². The van der Waals surface area contributed by atoms with Crippen LogP contribution >= 0.6 is 0 Å². The van der Waals surface area contributed by atoms with E-state index in [1.54, 1.807) is 0 Å². The van der Waals surface area contributed by atoms with Gasteiger partial charge in [0.2, 0.25) is 0 Å². The van der Waals surface area contributed by atoms with Crippen molar-refractivity contribution in [3.05, 3.63) is 41.5 Å². The van der Waals surface area contributed by atoms with Gasteiger partial charge in [0.05, 0.1) is 0 Å². The van der Waals surface area contributed by atoms with Crippen LogP contribution in [-0.4, -0.2) is 5.78 Å². The summed E-state index contributed by atoms with van der Waals surface area (Å²) in [5, 5.41) is 0. The Kier molecular flexibility index (Phi) is 1.87. The molecule has 1 spiro atoms. The van der Waals surface area contributed by atoms with E-state index in [0.717, 1.165) is 24.1 Å². The summed E-state index contributed by atoms with van der Waals surface area (Å²) < 4.78 is 0. The number of hydrogen-bond acceptors (Lipinski definition) is 2. The predicted octanol–water partition coefficient (Wildman–Crippen LogP) is 2.52. The second-order valence-corrected chi connectivity index (χ2v) is 6.11. The number of carbonyl (C=O) groups excluding carboxylic acids is 1. The van der Waals surface area contributed by atoms with Gasteiger partial charge < -0.3 is 5.73 Å². The van der Waals surface area contributed by atoms with E-state index in [4.69, 9.17) is 5.73 Å².